The Morgan fingerprint density at radius 2 is 0.954 bits per heavy atom. The number of hydrogen-bond acceptors (Lipinski definition) is 2. The van der Waals surface area contributed by atoms with Gasteiger partial charge in [-0.1, -0.05) is 200 Å². The fourth-order valence-corrected chi connectivity index (χ4v) is 15.2. The first kappa shape index (κ1) is 38.5. The number of para-hydroxylation sites is 2. The highest BCUT2D eigenvalue weighted by Gasteiger charge is 2.43. The molecule has 0 spiro atoms. The molecule has 65 heavy (non-hydrogen) atoms. The topological polar surface area (TPSA) is 34.4 Å². The van der Waals surface area contributed by atoms with Crippen molar-refractivity contribution in [2.24, 2.45) is 0 Å². The summed E-state index contributed by atoms with van der Waals surface area (Å²) in [6, 6.07) is 86.3. The molecule has 0 atom stereocenters. The van der Waals surface area contributed by atoms with Crippen molar-refractivity contribution in [2.45, 2.75) is 0 Å². The lowest BCUT2D eigenvalue weighted by molar-refractivity contribution is 0.477. The van der Waals surface area contributed by atoms with Crippen LogP contribution in [0.15, 0.2) is 243 Å². The molecule has 10 aromatic carbocycles. The molecule has 0 saturated heterocycles. The minimum absolute atomic E-state index is 0.217. The van der Waals surface area contributed by atoms with Gasteiger partial charge in [0.1, 0.15) is 17.2 Å². The number of fused-ring (bicyclic) bond motifs is 5. The van der Waals surface area contributed by atoms with Crippen LogP contribution in [0.5, 0.6) is 17.2 Å². The normalized spacial score (nSPS) is 12.0. The van der Waals surface area contributed by atoms with Gasteiger partial charge in [-0.2, -0.15) is 0 Å². The highest BCUT2D eigenvalue weighted by Crippen LogP contribution is 2.38. The van der Waals surface area contributed by atoms with Gasteiger partial charge in [0.15, 0.2) is 8.07 Å². The van der Waals surface area contributed by atoms with Gasteiger partial charge in [-0.15, -0.1) is 0 Å². The average Bonchev–Trinajstić information content (AvgIpc) is 3.71. The van der Waals surface area contributed by atoms with Crippen molar-refractivity contribution in [3.05, 3.63) is 243 Å². The number of ether oxygens (including phenoxy) is 1. The summed E-state index contributed by atoms with van der Waals surface area (Å²) in [6.45, 7) is 0. The molecule has 1 N–H and O–H groups in total. The molecule has 0 amide bonds. The maximum absolute atomic E-state index is 12.1. The lowest BCUT2D eigenvalue weighted by Gasteiger charge is -2.36. The smallest absolute Gasteiger partial charge is 0.202 e. The van der Waals surface area contributed by atoms with Gasteiger partial charge < -0.3 is 14.4 Å². The van der Waals surface area contributed by atoms with E-state index in [4.69, 9.17) is 4.74 Å². The van der Waals surface area contributed by atoms with E-state index in [-0.39, 0.29) is 5.75 Å². The molecule has 0 aliphatic carbocycles. The highest BCUT2D eigenvalue weighted by atomic mass is 28.3. The quantitative estimate of drug-likeness (QED) is 0.122. The van der Waals surface area contributed by atoms with Crippen molar-refractivity contribution < 1.29 is 9.84 Å². The molecule has 11 aromatic rings. The van der Waals surface area contributed by atoms with Crippen LogP contribution in [0.25, 0.3) is 60.9 Å². The lowest BCUT2D eigenvalue weighted by atomic mass is 9.59. The molecule has 1 aromatic heterocycles. The van der Waals surface area contributed by atoms with Crippen molar-refractivity contribution >= 4 is 68.8 Å². The highest BCUT2D eigenvalue weighted by molar-refractivity contribution is 7.20. The molecule has 0 unspecified atom stereocenters. The summed E-state index contributed by atoms with van der Waals surface area (Å²) in [5, 5.41) is 19.7. The van der Waals surface area contributed by atoms with Crippen LogP contribution in [0, 0.1) is 0 Å². The van der Waals surface area contributed by atoms with Gasteiger partial charge in [0.2, 0.25) is 7.28 Å². The van der Waals surface area contributed by atoms with E-state index >= 15 is 0 Å². The van der Waals surface area contributed by atoms with Crippen LogP contribution in [0.1, 0.15) is 0 Å². The zero-order chi connectivity index (χ0) is 43.3. The van der Waals surface area contributed by atoms with Crippen molar-refractivity contribution in [3.63, 3.8) is 0 Å². The van der Waals surface area contributed by atoms with Gasteiger partial charge in [-0.3, -0.25) is 0 Å². The Hall–Kier alpha value is -8.12. The molecule has 2 heterocycles. The minimum atomic E-state index is -2.84. The Balaban J connectivity index is 0.897. The third-order valence-corrected chi connectivity index (χ3v) is 18.0. The Kier molecular flexibility index (Phi) is 9.43. The van der Waals surface area contributed by atoms with Crippen LogP contribution in [-0.4, -0.2) is 25.0 Å². The number of hydrogen-bond donors (Lipinski definition) is 1. The summed E-state index contributed by atoms with van der Waals surface area (Å²) in [4.78, 5) is 0. The Bertz CT molecular complexity index is 3420. The number of rotatable bonds is 8. The van der Waals surface area contributed by atoms with E-state index in [1.165, 1.54) is 42.6 Å². The van der Waals surface area contributed by atoms with Crippen LogP contribution in [0.4, 0.5) is 0 Å². The number of benzene rings is 10. The van der Waals surface area contributed by atoms with E-state index in [1.807, 2.05) is 18.2 Å². The zero-order valence-corrected chi connectivity index (χ0v) is 36.5. The third kappa shape index (κ3) is 6.43. The monoisotopic (exact) mass is 846 g/mol. The zero-order valence-electron chi connectivity index (χ0n) is 35.5. The van der Waals surface area contributed by atoms with Gasteiger partial charge in [-0.05, 0) is 102 Å². The van der Waals surface area contributed by atoms with E-state index in [0.29, 0.717) is 0 Å². The lowest BCUT2D eigenvalue weighted by Crippen LogP contribution is -2.75. The molecular formula is C60H41BNO2Si. The molecule has 0 saturated carbocycles. The third-order valence-electron chi connectivity index (χ3n) is 13.2. The Morgan fingerprint density at radius 3 is 1.62 bits per heavy atom. The van der Waals surface area contributed by atoms with Gasteiger partial charge in [0.25, 0.3) is 0 Å². The van der Waals surface area contributed by atoms with Crippen molar-refractivity contribution in [2.75, 3.05) is 0 Å². The van der Waals surface area contributed by atoms with E-state index in [9.17, 15) is 5.11 Å². The van der Waals surface area contributed by atoms with Gasteiger partial charge in [-0.25, -0.2) is 0 Å². The number of aromatic nitrogens is 1. The van der Waals surface area contributed by atoms with E-state index in [1.54, 1.807) is 0 Å². The largest absolute Gasteiger partial charge is 0.507 e. The van der Waals surface area contributed by atoms with E-state index in [2.05, 4.69) is 236 Å². The first-order chi connectivity index (χ1) is 32.1. The Morgan fingerprint density at radius 1 is 0.400 bits per heavy atom. The van der Waals surface area contributed by atoms with Crippen LogP contribution >= 0.6 is 0 Å². The first-order valence-corrected chi connectivity index (χ1v) is 24.1. The summed E-state index contributed by atoms with van der Waals surface area (Å²) in [7, 11) is -0.657. The summed E-state index contributed by atoms with van der Waals surface area (Å²) < 4.78 is 9.07. The van der Waals surface area contributed by atoms with E-state index in [0.717, 1.165) is 61.5 Å². The summed E-state index contributed by atoms with van der Waals surface area (Å²) in [6.07, 6.45) is 0. The van der Waals surface area contributed by atoms with Crippen molar-refractivity contribution in [1.29, 1.82) is 0 Å². The van der Waals surface area contributed by atoms with Gasteiger partial charge >= 0.3 is 0 Å². The second kappa shape index (κ2) is 15.9. The molecule has 5 heteroatoms. The second-order valence-electron chi connectivity index (χ2n) is 16.8. The Labute approximate surface area is 380 Å². The van der Waals surface area contributed by atoms with Gasteiger partial charge in [0, 0.05) is 22.0 Å². The minimum Gasteiger partial charge on any atom is -0.507 e. The number of aromatic hydroxyl groups is 1. The molecule has 3 nitrogen and oxygen atoms in total. The fourth-order valence-electron chi connectivity index (χ4n) is 10.3. The van der Waals surface area contributed by atoms with Crippen molar-refractivity contribution in [3.8, 4) is 56.3 Å². The summed E-state index contributed by atoms with van der Waals surface area (Å²) in [5.74, 6) is 1.77. The number of phenols is 1. The van der Waals surface area contributed by atoms with Gasteiger partial charge in [0.05, 0.1) is 11.0 Å². The maximum Gasteiger partial charge on any atom is 0.202 e. The fraction of sp³-hybridized carbons (Fsp3) is 0. The first-order valence-electron chi connectivity index (χ1n) is 22.1. The van der Waals surface area contributed by atoms with E-state index < -0.39 is 8.07 Å². The van der Waals surface area contributed by atoms with Crippen LogP contribution in [0.3, 0.4) is 0 Å². The van der Waals surface area contributed by atoms with Crippen LogP contribution in [0.2, 0.25) is 0 Å². The number of nitrogens with zero attached hydrogens (tertiary/aromatic N) is 1. The average molecular weight is 847 g/mol. The summed E-state index contributed by atoms with van der Waals surface area (Å²) in [5.41, 5.74) is 11.3. The molecule has 305 valence electrons. The van der Waals surface area contributed by atoms with Crippen molar-refractivity contribution in [1.82, 2.24) is 4.57 Å². The predicted molar refractivity (Wildman–Crippen MR) is 274 cm³/mol. The summed E-state index contributed by atoms with van der Waals surface area (Å²) >= 11 is 0. The van der Waals surface area contributed by atoms with Crippen LogP contribution in [-0.2, 0) is 0 Å². The SMILES string of the molecule is Oc1cc(-c2ccccc2[Si](c2ccccc2)(c2ccccc2)c2ccccc2)ccc1-c1cccc2c1[B]c1ccc(-c3cccc(-n4c5ccccc5c5ccccc54)c3)cc1O2. The van der Waals surface area contributed by atoms with Crippen LogP contribution < -0.4 is 36.4 Å². The maximum atomic E-state index is 12.1. The molecular weight excluding hydrogens is 806 g/mol. The molecule has 0 bridgehead atoms. The predicted octanol–water partition coefficient (Wildman–Crippen LogP) is 10.6. The number of phenolic OH excluding ortho intramolecular Hbond substituents is 1. The molecule has 1 radical (unpaired) electrons. The standard InChI is InChI=1S/C60H41BNO2Si/c63-56-39-43(48-26-12-15-33-59(48)65(45-20-4-1-5-21-45,46-22-6-2-7-23-46)47-24-8-3-9-25-47)34-36-51(56)52-29-17-32-57-60(52)61-53-37-35-42(40-58(53)64-57)41-18-16-19-44(38-41)62-54-30-13-10-27-49(54)50-28-11-14-31-55(50)62/h1-40,63H. The molecule has 1 aliphatic heterocycles. The molecule has 12 rings (SSSR count). The molecule has 0 fully saturated rings. The molecule has 1 aliphatic rings. The second-order valence-corrected chi connectivity index (χ2v) is 20.5.